The minimum Gasteiger partial charge on any atom is -0.355 e. The van der Waals surface area contributed by atoms with E-state index in [4.69, 9.17) is 0 Å². The Hall–Kier alpha value is -1.18. The Morgan fingerprint density at radius 2 is 2.05 bits per heavy atom. The van der Waals surface area contributed by atoms with Gasteiger partial charge in [0, 0.05) is 45.5 Å². The lowest BCUT2D eigenvalue weighted by Crippen LogP contribution is -2.52. The molecular weight excluding hydrogens is 300 g/mol. The van der Waals surface area contributed by atoms with Crippen molar-refractivity contribution in [3.63, 3.8) is 0 Å². The van der Waals surface area contributed by atoms with Crippen LogP contribution in [0, 0.1) is 0 Å². The summed E-state index contributed by atoms with van der Waals surface area (Å²) >= 11 is 0. The summed E-state index contributed by atoms with van der Waals surface area (Å²) in [6.45, 7) is 6.35. The van der Waals surface area contributed by atoms with Gasteiger partial charge in [-0.2, -0.15) is 17.0 Å². The van der Waals surface area contributed by atoms with Gasteiger partial charge < -0.3 is 4.90 Å². The second-order valence-corrected chi connectivity index (χ2v) is 7.53. The van der Waals surface area contributed by atoms with Crippen molar-refractivity contribution in [3.05, 3.63) is 24.4 Å². The smallest absolute Gasteiger partial charge is 0.282 e. The van der Waals surface area contributed by atoms with Gasteiger partial charge in [0.2, 0.25) is 0 Å². The summed E-state index contributed by atoms with van der Waals surface area (Å²) in [5, 5.41) is 0. The van der Waals surface area contributed by atoms with Gasteiger partial charge in [-0.15, -0.1) is 0 Å². The second-order valence-electron chi connectivity index (χ2n) is 5.54. The molecule has 0 spiro atoms. The number of aromatic nitrogens is 1. The number of hydrogen-bond acceptors (Lipinski definition) is 4. The van der Waals surface area contributed by atoms with Crippen LogP contribution in [0.15, 0.2) is 24.4 Å². The number of anilines is 1. The molecular formula is C15H26N4O2S. The third-order valence-electron chi connectivity index (χ3n) is 4.28. The van der Waals surface area contributed by atoms with E-state index in [0.717, 1.165) is 25.2 Å². The summed E-state index contributed by atoms with van der Waals surface area (Å²) in [5.74, 6) is 0.917. The van der Waals surface area contributed by atoms with Crippen molar-refractivity contribution in [2.75, 3.05) is 38.1 Å². The fourth-order valence-electron chi connectivity index (χ4n) is 2.92. The molecule has 1 aromatic rings. The average Bonchev–Trinajstić information content (AvgIpc) is 2.56. The largest absolute Gasteiger partial charge is 0.355 e. The van der Waals surface area contributed by atoms with Crippen LogP contribution in [0.2, 0.25) is 0 Å². The molecule has 0 amide bonds. The van der Waals surface area contributed by atoms with E-state index >= 15 is 0 Å². The van der Waals surface area contributed by atoms with E-state index in [1.807, 2.05) is 32.0 Å². The van der Waals surface area contributed by atoms with Gasteiger partial charge >= 0.3 is 0 Å². The van der Waals surface area contributed by atoms with E-state index in [1.165, 1.54) is 8.61 Å². The summed E-state index contributed by atoms with van der Waals surface area (Å²) in [5.41, 5.74) is 0. The van der Waals surface area contributed by atoms with Gasteiger partial charge in [-0.25, -0.2) is 4.98 Å². The molecule has 0 aliphatic carbocycles. The van der Waals surface area contributed by atoms with E-state index in [0.29, 0.717) is 19.6 Å². The maximum atomic E-state index is 12.7. The van der Waals surface area contributed by atoms with Crippen molar-refractivity contribution in [2.45, 2.75) is 32.7 Å². The summed E-state index contributed by atoms with van der Waals surface area (Å²) in [6, 6.07) is 5.81. The van der Waals surface area contributed by atoms with E-state index in [9.17, 15) is 8.42 Å². The molecule has 7 heteroatoms. The number of rotatable bonds is 6. The molecule has 22 heavy (non-hydrogen) atoms. The quantitative estimate of drug-likeness (QED) is 0.796. The van der Waals surface area contributed by atoms with E-state index in [2.05, 4.69) is 9.88 Å². The molecule has 1 fully saturated rings. The number of piperidine rings is 1. The zero-order chi connectivity index (χ0) is 16.2. The lowest BCUT2D eigenvalue weighted by Gasteiger charge is -2.39. The van der Waals surface area contributed by atoms with E-state index < -0.39 is 10.2 Å². The topological polar surface area (TPSA) is 56.8 Å². The predicted molar refractivity (Wildman–Crippen MR) is 89.1 cm³/mol. The zero-order valence-electron chi connectivity index (χ0n) is 13.6. The molecule has 0 saturated carbocycles. The Balaban J connectivity index is 2.12. The van der Waals surface area contributed by atoms with Gasteiger partial charge in [-0.05, 0) is 25.0 Å². The molecule has 1 aromatic heterocycles. The van der Waals surface area contributed by atoms with Gasteiger partial charge in [-0.1, -0.05) is 19.9 Å². The molecule has 0 radical (unpaired) electrons. The summed E-state index contributed by atoms with van der Waals surface area (Å²) in [4.78, 5) is 6.54. The van der Waals surface area contributed by atoms with Crippen molar-refractivity contribution < 1.29 is 8.42 Å². The molecule has 2 rings (SSSR count). The molecule has 1 aliphatic heterocycles. The van der Waals surface area contributed by atoms with Crippen LogP contribution in [0.3, 0.4) is 0 Å². The monoisotopic (exact) mass is 326 g/mol. The van der Waals surface area contributed by atoms with Crippen LogP contribution in [-0.4, -0.2) is 61.3 Å². The number of pyridine rings is 1. The second kappa shape index (κ2) is 7.39. The first-order valence-corrected chi connectivity index (χ1v) is 9.29. The highest BCUT2D eigenvalue weighted by atomic mass is 32.2. The summed E-state index contributed by atoms with van der Waals surface area (Å²) in [6.07, 6.45) is 3.63. The molecule has 0 aromatic carbocycles. The van der Waals surface area contributed by atoms with Crippen LogP contribution >= 0.6 is 0 Å². The first-order valence-electron chi connectivity index (χ1n) is 7.89. The molecule has 2 heterocycles. The highest BCUT2D eigenvalue weighted by Gasteiger charge is 2.33. The normalized spacial score (nSPS) is 19.9. The number of likely N-dealkylation sites (N-methyl/N-ethyl adjacent to an activating group) is 1. The van der Waals surface area contributed by atoms with Crippen LogP contribution in [0.4, 0.5) is 5.82 Å². The maximum Gasteiger partial charge on any atom is 0.282 e. The van der Waals surface area contributed by atoms with E-state index in [1.54, 1.807) is 13.2 Å². The van der Waals surface area contributed by atoms with Crippen LogP contribution in [0.25, 0.3) is 0 Å². The molecule has 1 aliphatic rings. The minimum absolute atomic E-state index is 0.0126. The molecule has 0 N–H and O–H groups in total. The molecule has 1 saturated heterocycles. The van der Waals surface area contributed by atoms with Crippen LogP contribution in [-0.2, 0) is 10.2 Å². The van der Waals surface area contributed by atoms with Crippen molar-refractivity contribution >= 4 is 16.0 Å². The van der Waals surface area contributed by atoms with Gasteiger partial charge in [0.05, 0.1) is 0 Å². The van der Waals surface area contributed by atoms with Crippen molar-refractivity contribution in [1.82, 2.24) is 13.6 Å². The third kappa shape index (κ3) is 3.59. The van der Waals surface area contributed by atoms with E-state index in [-0.39, 0.29) is 6.04 Å². The van der Waals surface area contributed by atoms with Gasteiger partial charge in [0.25, 0.3) is 10.2 Å². The fraction of sp³-hybridized carbons (Fsp3) is 0.667. The Bertz CT molecular complexity index is 560. The molecule has 1 atom stereocenters. The van der Waals surface area contributed by atoms with Gasteiger partial charge in [0.1, 0.15) is 5.82 Å². The van der Waals surface area contributed by atoms with Crippen LogP contribution in [0.1, 0.15) is 26.7 Å². The van der Waals surface area contributed by atoms with Crippen molar-refractivity contribution in [2.24, 2.45) is 0 Å². The molecule has 0 bridgehead atoms. The SMILES string of the molecule is CCN(CC)S(=O)(=O)N(C)[C@@H]1CCCN(c2ccccn2)C1. The lowest BCUT2D eigenvalue weighted by atomic mass is 10.1. The summed E-state index contributed by atoms with van der Waals surface area (Å²) in [7, 11) is -1.69. The van der Waals surface area contributed by atoms with Crippen molar-refractivity contribution in [3.8, 4) is 0 Å². The lowest BCUT2D eigenvalue weighted by molar-refractivity contribution is 0.292. The number of hydrogen-bond donors (Lipinski definition) is 0. The Labute approximate surface area is 133 Å². The first-order chi connectivity index (χ1) is 10.5. The van der Waals surface area contributed by atoms with Crippen molar-refractivity contribution in [1.29, 1.82) is 0 Å². The minimum atomic E-state index is -3.39. The Morgan fingerprint density at radius 1 is 1.32 bits per heavy atom. The maximum absolute atomic E-state index is 12.7. The molecule has 0 unspecified atom stereocenters. The van der Waals surface area contributed by atoms with Gasteiger partial charge in [0.15, 0.2) is 0 Å². The molecule has 124 valence electrons. The average molecular weight is 326 g/mol. The Morgan fingerprint density at radius 3 is 2.64 bits per heavy atom. The highest BCUT2D eigenvalue weighted by Crippen LogP contribution is 2.22. The third-order valence-corrected chi connectivity index (χ3v) is 6.47. The summed E-state index contributed by atoms with van der Waals surface area (Å²) < 4.78 is 28.3. The zero-order valence-corrected chi connectivity index (χ0v) is 14.5. The number of nitrogens with zero attached hydrogens (tertiary/aromatic N) is 4. The van der Waals surface area contributed by atoms with Gasteiger partial charge in [-0.3, -0.25) is 0 Å². The Kier molecular flexibility index (Phi) is 5.77. The molecule has 6 nitrogen and oxygen atoms in total. The van der Waals surface area contributed by atoms with Crippen LogP contribution < -0.4 is 4.90 Å². The standard InChI is InChI=1S/C15H26N4O2S/c1-4-19(5-2)22(20,21)17(3)14-9-8-12-18(13-14)15-10-6-7-11-16-15/h6-7,10-11,14H,4-5,8-9,12-13H2,1-3H3/t14-/m1/s1. The predicted octanol–water partition coefficient (Wildman–Crippen LogP) is 1.57. The van der Waals surface area contributed by atoms with Crippen LogP contribution in [0.5, 0.6) is 0 Å². The highest BCUT2D eigenvalue weighted by molar-refractivity contribution is 7.86. The first kappa shape index (κ1) is 17.2. The fourth-order valence-corrected chi connectivity index (χ4v) is 4.49.